The minimum absolute atomic E-state index is 0.711. The summed E-state index contributed by atoms with van der Waals surface area (Å²) in [5.74, 6) is 0. The average Bonchev–Trinajstić information content (AvgIpc) is 2.45. The van der Waals surface area contributed by atoms with Gasteiger partial charge in [-0.1, -0.05) is 12.1 Å². The molecule has 1 aliphatic rings. The molecular weight excluding hydrogens is 236 g/mol. The van der Waals surface area contributed by atoms with Crippen LogP contribution >= 0.6 is 0 Å². The second kappa shape index (κ2) is 4.80. The molecule has 0 amide bonds. The van der Waals surface area contributed by atoms with Gasteiger partial charge in [0.25, 0.3) is 0 Å². The van der Waals surface area contributed by atoms with E-state index >= 15 is 0 Å². The van der Waals surface area contributed by atoms with Gasteiger partial charge in [0.05, 0.1) is 35.5 Å². The van der Waals surface area contributed by atoms with Gasteiger partial charge in [0.2, 0.25) is 0 Å². The number of rotatable bonds is 2. The van der Waals surface area contributed by atoms with Crippen LogP contribution in [0.15, 0.2) is 42.6 Å². The minimum Gasteiger partial charge on any atom is -0.397 e. The van der Waals surface area contributed by atoms with E-state index in [4.69, 9.17) is 5.73 Å². The van der Waals surface area contributed by atoms with Crippen molar-refractivity contribution in [3.8, 4) is 0 Å². The first-order valence-electron chi connectivity index (χ1n) is 6.49. The number of hydrogen-bond acceptors (Lipinski definition) is 4. The summed E-state index contributed by atoms with van der Waals surface area (Å²) in [4.78, 5) is 9.05. The molecule has 19 heavy (non-hydrogen) atoms. The van der Waals surface area contributed by atoms with Crippen molar-refractivity contribution in [3.05, 3.63) is 48.3 Å². The first-order chi connectivity index (χ1) is 9.24. The molecule has 4 nitrogen and oxygen atoms in total. The predicted octanol–water partition coefficient (Wildman–Crippen LogP) is 2.12. The zero-order valence-corrected chi connectivity index (χ0v) is 11.1. The largest absolute Gasteiger partial charge is 0.397 e. The lowest BCUT2D eigenvalue weighted by atomic mass is 10.1. The molecule has 0 radical (unpaired) electrons. The fourth-order valence-electron chi connectivity index (χ4n) is 2.46. The van der Waals surface area contributed by atoms with E-state index in [0.717, 1.165) is 25.3 Å². The minimum atomic E-state index is 0.711. The molecular formula is C15H18N4. The molecule has 0 saturated heterocycles. The summed E-state index contributed by atoms with van der Waals surface area (Å²) in [5, 5.41) is 0. The highest BCUT2D eigenvalue weighted by Crippen LogP contribution is 2.32. The van der Waals surface area contributed by atoms with Crippen LogP contribution in [0.4, 0.5) is 17.1 Å². The van der Waals surface area contributed by atoms with Gasteiger partial charge in [-0.15, -0.1) is 0 Å². The lowest BCUT2D eigenvalue weighted by Gasteiger charge is -2.36. The third-order valence-electron chi connectivity index (χ3n) is 3.54. The molecule has 2 aromatic rings. The number of anilines is 3. The third-order valence-corrected chi connectivity index (χ3v) is 3.54. The van der Waals surface area contributed by atoms with E-state index in [-0.39, 0.29) is 0 Å². The van der Waals surface area contributed by atoms with Crippen LogP contribution in [0.2, 0.25) is 0 Å². The fourth-order valence-corrected chi connectivity index (χ4v) is 2.46. The fraction of sp³-hybridized carbons (Fsp3) is 0.267. The number of nitrogen functional groups attached to an aromatic ring is 1. The van der Waals surface area contributed by atoms with Crippen molar-refractivity contribution in [2.75, 3.05) is 35.7 Å². The Kier molecular flexibility index (Phi) is 2.99. The lowest BCUT2D eigenvalue weighted by molar-refractivity contribution is 0.725. The SMILES string of the molecule is CN1CCN(Cc2ccc(N)cn2)c2ccccc21. The van der Waals surface area contributed by atoms with Crippen LogP contribution in [0.25, 0.3) is 0 Å². The molecule has 98 valence electrons. The summed E-state index contributed by atoms with van der Waals surface area (Å²) < 4.78 is 0. The molecule has 4 heteroatoms. The monoisotopic (exact) mass is 254 g/mol. The van der Waals surface area contributed by atoms with Gasteiger partial charge >= 0.3 is 0 Å². The number of para-hydroxylation sites is 2. The maximum absolute atomic E-state index is 5.67. The molecule has 1 aromatic heterocycles. The number of nitrogens with zero attached hydrogens (tertiary/aromatic N) is 3. The van der Waals surface area contributed by atoms with Crippen molar-refractivity contribution in [1.29, 1.82) is 0 Å². The topological polar surface area (TPSA) is 45.4 Å². The van der Waals surface area contributed by atoms with Gasteiger partial charge in [-0.2, -0.15) is 0 Å². The molecule has 1 aromatic carbocycles. The van der Waals surface area contributed by atoms with Gasteiger partial charge in [0, 0.05) is 20.1 Å². The molecule has 1 aliphatic heterocycles. The number of hydrogen-bond donors (Lipinski definition) is 1. The molecule has 0 bridgehead atoms. The van der Waals surface area contributed by atoms with Crippen LogP contribution in [-0.2, 0) is 6.54 Å². The summed E-state index contributed by atoms with van der Waals surface area (Å²) in [6.45, 7) is 2.87. The molecule has 0 saturated carbocycles. The van der Waals surface area contributed by atoms with E-state index in [1.54, 1.807) is 6.20 Å². The number of fused-ring (bicyclic) bond motifs is 1. The van der Waals surface area contributed by atoms with Crippen molar-refractivity contribution in [2.45, 2.75) is 6.54 Å². The molecule has 3 rings (SSSR count). The Bertz CT molecular complexity index is 565. The van der Waals surface area contributed by atoms with E-state index in [1.165, 1.54) is 11.4 Å². The molecule has 2 heterocycles. The Morgan fingerprint density at radius 2 is 1.89 bits per heavy atom. The quantitative estimate of drug-likeness (QED) is 0.891. The van der Waals surface area contributed by atoms with Crippen molar-refractivity contribution in [1.82, 2.24) is 4.98 Å². The Balaban J connectivity index is 1.86. The number of nitrogens with two attached hydrogens (primary N) is 1. The molecule has 0 fully saturated rings. The zero-order valence-electron chi connectivity index (χ0n) is 11.1. The summed E-state index contributed by atoms with van der Waals surface area (Å²) in [6.07, 6.45) is 1.72. The Hall–Kier alpha value is -2.23. The van der Waals surface area contributed by atoms with Crippen LogP contribution in [0.3, 0.4) is 0 Å². The normalized spacial score (nSPS) is 14.4. The van der Waals surface area contributed by atoms with Gasteiger partial charge in [0.1, 0.15) is 0 Å². The smallest absolute Gasteiger partial charge is 0.0608 e. The highest BCUT2D eigenvalue weighted by molar-refractivity contribution is 5.73. The summed E-state index contributed by atoms with van der Waals surface area (Å²) in [5.41, 5.74) is 9.99. The average molecular weight is 254 g/mol. The van der Waals surface area contributed by atoms with Crippen molar-refractivity contribution >= 4 is 17.1 Å². The van der Waals surface area contributed by atoms with Crippen molar-refractivity contribution in [3.63, 3.8) is 0 Å². The second-order valence-corrected chi connectivity index (χ2v) is 4.91. The van der Waals surface area contributed by atoms with Crippen LogP contribution in [0, 0.1) is 0 Å². The summed E-state index contributed by atoms with van der Waals surface area (Å²) in [6, 6.07) is 12.4. The summed E-state index contributed by atoms with van der Waals surface area (Å²) >= 11 is 0. The van der Waals surface area contributed by atoms with Crippen LogP contribution in [0.1, 0.15) is 5.69 Å². The van der Waals surface area contributed by atoms with Gasteiger partial charge < -0.3 is 15.5 Å². The summed E-state index contributed by atoms with van der Waals surface area (Å²) in [7, 11) is 2.14. The van der Waals surface area contributed by atoms with Gasteiger partial charge in [-0.25, -0.2) is 0 Å². The van der Waals surface area contributed by atoms with E-state index < -0.39 is 0 Å². The van der Waals surface area contributed by atoms with Crippen LogP contribution in [-0.4, -0.2) is 25.1 Å². The maximum atomic E-state index is 5.67. The number of aromatic nitrogens is 1. The predicted molar refractivity (Wildman–Crippen MR) is 79.4 cm³/mol. The van der Waals surface area contributed by atoms with Gasteiger partial charge in [-0.05, 0) is 24.3 Å². The first kappa shape index (κ1) is 11.8. The molecule has 0 aliphatic carbocycles. The van der Waals surface area contributed by atoms with Gasteiger partial charge in [0.15, 0.2) is 0 Å². The standard InChI is InChI=1S/C15H18N4/c1-18-8-9-19(15-5-3-2-4-14(15)18)11-13-7-6-12(16)10-17-13/h2-7,10H,8-9,11,16H2,1H3. The highest BCUT2D eigenvalue weighted by atomic mass is 15.3. The molecule has 0 atom stereocenters. The second-order valence-electron chi connectivity index (χ2n) is 4.91. The number of likely N-dealkylation sites (N-methyl/N-ethyl adjacent to an activating group) is 1. The third kappa shape index (κ3) is 2.34. The number of benzene rings is 1. The van der Waals surface area contributed by atoms with Crippen molar-refractivity contribution < 1.29 is 0 Å². The van der Waals surface area contributed by atoms with Crippen LogP contribution < -0.4 is 15.5 Å². The Morgan fingerprint density at radius 3 is 2.63 bits per heavy atom. The number of pyridine rings is 1. The molecule has 0 spiro atoms. The Labute approximate surface area is 113 Å². The van der Waals surface area contributed by atoms with Gasteiger partial charge in [-0.3, -0.25) is 4.98 Å². The lowest BCUT2D eigenvalue weighted by Crippen LogP contribution is -2.38. The van der Waals surface area contributed by atoms with Crippen LogP contribution in [0.5, 0.6) is 0 Å². The maximum Gasteiger partial charge on any atom is 0.0608 e. The zero-order chi connectivity index (χ0) is 13.2. The van der Waals surface area contributed by atoms with E-state index in [9.17, 15) is 0 Å². The molecule has 2 N–H and O–H groups in total. The highest BCUT2D eigenvalue weighted by Gasteiger charge is 2.19. The van der Waals surface area contributed by atoms with E-state index in [2.05, 4.69) is 46.1 Å². The van der Waals surface area contributed by atoms with Crippen molar-refractivity contribution in [2.24, 2.45) is 0 Å². The van der Waals surface area contributed by atoms with E-state index in [0.29, 0.717) is 5.69 Å². The van der Waals surface area contributed by atoms with E-state index in [1.807, 2.05) is 12.1 Å². The first-order valence-corrected chi connectivity index (χ1v) is 6.49. The molecule has 0 unspecified atom stereocenters. The Morgan fingerprint density at radius 1 is 1.11 bits per heavy atom.